The van der Waals surface area contributed by atoms with Crippen molar-refractivity contribution in [3.05, 3.63) is 36.0 Å². The second-order valence-corrected chi connectivity index (χ2v) is 13.9. The van der Waals surface area contributed by atoms with Gasteiger partial charge in [-0.2, -0.15) is 0 Å². The van der Waals surface area contributed by atoms with E-state index in [0.29, 0.717) is 19.1 Å². The van der Waals surface area contributed by atoms with Crippen LogP contribution in [0, 0.1) is 5.92 Å². The van der Waals surface area contributed by atoms with Gasteiger partial charge < -0.3 is 14.5 Å². The van der Waals surface area contributed by atoms with Crippen LogP contribution in [0.15, 0.2) is 36.0 Å². The van der Waals surface area contributed by atoms with Gasteiger partial charge in [-0.1, -0.05) is 58.1 Å². The molecule has 0 unspecified atom stereocenters. The lowest BCUT2D eigenvalue weighted by Gasteiger charge is -2.46. The maximum atomic E-state index is 11.3. The molecule has 0 spiro atoms. The maximum absolute atomic E-state index is 11.3. The molecule has 5 heteroatoms. The van der Waals surface area contributed by atoms with Crippen LogP contribution in [-0.4, -0.2) is 39.6 Å². The van der Waals surface area contributed by atoms with E-state index in [4.69, 9.17) is 9.16 Å². The summed E-state index contributed by atoms with van der Waals surface area (Å²) in [6.45, 7) is 18.7. The number of amides is 1. The van der Waals surface area contributed by atoms with Crippen molar-refractivity contribution < 1.29 is 14.0 Å². The molecule has 0 aromatic rings. The molecule has 1 amide bonds. The van der Waals surface area contributed by atoms with Crippen LogP contribution in [0.3, 0.4) is 0 Å². The fraction of sp³-hybridized carbons (Fsp3) is 0.708. The van der Waals surface area contributed by atoms with Gasteiger partial charge in [0.25, 0.3) is 0 Å². The first kappa shape index (κ1) is 25.9. The van der Waals surface area contributed by atoms with Crippen molar-refractivity contribution in [3.8, 4) is 0 Å². The summed E-state index contributed by atoms with van der Waals surface area (Å²) >= 11 is 0. The molecule has 0 aliphatic heterocycles. The fourth-order valence-electron chi connectivity index (χ4n) is 3.53. The fourth-order valence-corrected chi connectivity index (χ4v) is 6.22. The minimum Gasteiger partial charge on any atom is -0.411 e. The molecule has 0 aromatic carbocycles. The summed E-state index contributed by atoms with van der Waals surface area (Å²) in [6.07, 6.45) is 13.2. The van der Waals surface area contributed by atoms with Crippen molar-refractivity contribution in [2.75, 3.05) is 13.2 Å². The number of nitrogens with one attached hydrogen (secondary N) is 1. The first-order valence-electron chi connectivity index (χ1n) is 11.0. The zero-order valence-corrected chi connectivity index (χ0v) is 20.9. The van der Waals surface area contributed by atoms with Crippen molar-refractivity contribution in [2.45, 2.75) is 91.1 Å². The minimum atomic E-state index is -1.97. The number of rotatable bonds is 11. The molecule has 0 radical (unpaired) electrons. The second kappa shape index (κ2) is 11.9. The Kier molecular flexibility index (Phi) is 10.6. The van der Waals surface area contributed by atoms with E-state index >= 15 is 0 Å². The highest BCUT2D eigenvalue weighted by Crippen LogP contribution is 2.46. The summed E-state index contributed by atoms with van der Waals surface area (Å²) < 4.78 is 13.2. The van der Waals surface area contributed by atoms with E-state index in [1.54, 1.807) is 6.92 Å². The summed E-state index contributed by atoms with van der Waals surface area (Å²) in [5, 5.41) is 3.08. The minimum absolute atomic E-state index is 0.00758. The Balaban J connectivity index is 2.96. The molecule has 0 saturated carbocycles. The lowest BCUT2D eigenvalue weighted by Crippen LogP contribution is -2.51. The first-order chi connectivity index (χ1) is 13.5. The molecule has 0 heterocycles. The molecule has 2 atom stereocenters. The van der Waals surface area contributed by atoms with Crippen molar-refractivity contribution in [3.63, 3.8) is 0 Å². The number of carbonyl (C=O) groups excluding carboxylic acids is 1. The molecule has 1 aliphatic rings. The lowest BCUT2D eigenvalue weighted by atomic mass is 9.91. The van der Waals surface area contributed by atoms with Crippen LogP contribution >= 0.6 is 0 Å². The van der Waals surface area contributed by atoms with Gasteiger partial charge >= 0.3 is 0 Å². The molecule has 166 valence electrons. The summed E-state index contributed by atoms with van der Waals surface area (Å²) in [5.41, 5.74) is 1.25. The van der Waals surface area contributed by atoms with Crippen molar-refractivity contribution in [2.24, 2.45) is 5.92 Å². The molecule has 0 aromatic heterocycles. The number of allylic oxidation sites excluding steroid dienone is 4. The summed E-state index contributed by atoms with van der Waals surface area (Å²) in [5.74, 6) is 0.568. The van der Waals surface area contributed by atoms with Crippen molar-refractivity contribution in [1.29, 1.82) is 0 Å². The van der Waals surface area contributed by atoms with Gasteiger partial charge in [-0.05, 0) is 55.8 Å². The van der Waals surface area contributed by atoms with E-state index in [-0.39, 0.29) is 23.2 Å². The van der Waals surface area contributed by atoms with Crippen LogP contribution in [0.2, 0.25) is 18.1 Å². The predicted molar refractivity (Wildman–Crippen MR) is 126 cm³/mol. The van der Waals surface area contributed by atoms with E-state index in [1.807, 2.05) is 31.2 Å². The summed E-state index contributed by atoms with van der Waals surface area (Å²) in [6, 6.07) is 0. The Hall–Kier alpha value is -1.17. The average Bonchev–Trinajstić information content (AvgIpc) is 2.62. The Bertz CT molecular complexity index is 605. The van der Waals surface area contributed by atoms with Crippen molar-refractivity contribution >= 4 is 14.2 Å². The number of hydrogen-bond donors (Lipinski definition) is 1. The van der Waals surface area contributed by atoms with Gasteiger partial charge in [-0.3, -0.25) is 4.79 Å². The van der Waals surface area contributed by atoms with E-state index in [9.17, 15) is 4.79 Å². The standard InChI is InChI=1S/C24H43NO3Si/c1-9-10-11-12-18-27-23-21(16-17-25-20(4)26)14-13-15-22(23)28-29(7,8)24(5,6)19(2)3/h9-12,14,19,22-23H,13,15-18H2,1-8H3,(H,25,26)/b10-9+,12-11+/t22-,23+/m0/s1. The van der Waals surface area contributed by atoms with Gasteiger partial charge in [0.1, 0.15) is 6.10 Å². The van der Waals surface area contributed by atoms with Crippen LogP contribution in [0.5, 0.6) is 0 Å². The third kappa shape index (κ3) is 7.87. The van der Waals surface area contributed by atoms with Crippen LogP contribution in [0.1, 0.15) is 60.8 Å². The molecule has 1 aliphatic carbocycles. The van der Waals surface area contributed by atoms with Crippen LogP contribution < -0.4 is 5.32 Å². The normalized spacial score (nSPS) is 21.2. The smallest absolute Gasteiger partial charge is 0.216 e. The molecular weight excluding hydrogens is 378 g/mol. The highest BCUT2D eigenvalue weighted by molar-refractivity contribution is 6.74. The van der Waals surface area contributed by atoms with Gasteiger partial charge in [0.2, 0.25) is 5.91 Å². The van der Waals surface area contributed by atoms with Gasteiger partial charge in [0, 0.05) is 13.5 Å². The van der Waals surface area contributed by atoms with Gasteiger partial charge in [0.05, 0.1) is 12.7 Å². The third-order valence-corrected chi connectivity index (χ3v) is 11.2. The SMILES string of the molecule is C/C=C/C=C/CO[C@@H]1C(CCNC(C)=O)=CCC[C@@H]1O[Si](C)(C)C(C)(C)C(C)C. The van der Waals surface area contributed by atoms with E-state index in [1.165, 1.54) is 5.57 Å². The van der Waals surface area contributed by atoms with Crippen molar-refractivity contribution in [1.82, 2.24) is 5.32 Å². The molecule has 4 nitrogen and oxygen atoms in total. The van der Waals surface area contributed by atoms with E-state index < -0.39 is 8.32 Å². The monoisotopic (exact) mass is 421 g/mol. The highest BCUT2D eigenvalue weighted by Gasteiger charge is 2.46. The molecule has 0 saturated heterocycles. The predicted octanol–water partition coefficient (Wildman–Crippen LogP) is 5.78. The zero-order chi connectivity index (χ0) is 22.1. The van der Waals surface area contributed by atoms with Gasteiger partial charge in [-0.15, -0.1) is 0 Å². The van der Waals surface area contributed by atoms with Gasteiger partial charge in [-0.25, -0.2) is 0 Å². The molecule has 1 rings (SSSR count). The van der Waals surface area contributed by atoms with Crippen LogP contribution in [0.25, 0.3) is 0 Å². The Labute approximate surface area is 180 Å². The number of carbonyl (C=O) groups is 1. The average molecular weight is 422 g/mol. The largest absolute Gasteiger partial charge is 0.411 e. The van der Waals surface area contributed by atoms with Crippen LogP contribution in [-0.2, 0) is 14.0 Å². The molecule has 0 bridgehead atoms. The topological polar surface area (TPSA) is 47.6 Å². The van der Waals surface area contributed by atoms with Gasteiger partial charge in [0.15, 0.2) is 8.32 Å². The Morgan fingerprint density at radius 3 is 2.62 bits per heavy atom. The molecular formula is C24H43NO3Si. The third-order valence-electron chi connectivity index (χ3n) is 6.60. The van der Waals surface area contributed by atoms with Crippen LogP contribution in [0.4, 0.5) is 0 Å². The molecule has 1 N–H and O–H groups in total. The molecule has 29 heavy (non-hydrogen) atoms. The number of ether oxygens (including phenoxy) is 1. The summed E-state index contributed by atoms with van der Waals surface area (Å²) in [4.78, 5) is 11.3. The quantitative estimate of drug-likeness (QED) is 0.261. The number of hydrogen-bond acceptors (Lipinski definition) is 3. The zero-order valence-electron chi connectivity index (χ0n) is 19.9. The lowest BCUT2D eigenvalue weighted by molar-refractivity contribution is -0.118. The second-order valence-electron chi connectivity index (χ2n) is 9.34. The molecule has 0 fully saturated rings. The maximum Gasteiger partial charge on any atom is 0.216 e. The Morgan fingerprint density at radius 1 is 1.34 bits per heavy atom. The van der Waals surface area contributed by atoms with E-state index in [0.717, 1.165) is 19.3 Å². The van der Waals surface area contributed by atoms with E-state index in [2.05, 4.69) is 52.2 Å². The summed E-state index contributed by atoms with van der Waals surface area (Å²) in [7, 11) is -1.97. The Morgan fingerprint density at radius 2 is 2.03 bits per heavy atom. The first-order valence-corrected chi connectivity index (χ1v) is 13.9. The highest BCUT2D eigenvalue weighted by atomic mass is 28.4.